The first-order valence-corrected chi connectivity index (χ1v) is 4.62. The van der Waals surface area contributed by atoms with Crippen LogP contribution in [0, 0.1) is 29.6 Å². The normalized spacial score (nSPS) is 58.3. The van der Waals surface area contributed by atoms with Gasteiger partial charge < -0.3 is 5.11 Å². The molecule has 0 aromatic heterocycles. The Morgan fingerprint density at radius 2 is 1.82 bits per heavy atom. The Morgan fingerprint density at radius 1 is 1.27 bits per heavy atom. The number of aliphatic hydroxyl groups excluding tert-OH is 1. The second kappa shape index (κ2) is 1.71. The zero-order valence-electron chi connectivity index (χ0n) is 6.66. The molecule has 0 aromatic rings. The summed E-state index contributed by atoms with van der Waals surface area (Å²) in [5.41, 5.74) is 1.52. The zero-order chi connectivity index (χ0) is 7.59. The van der Waals surface area contributed by atoms with E-state index in [1.165, 1.54) is 18.4 Å². The van der Waals surface area contributed by atoms with Crippen LogP contribution in [0.5, 0.6) is 0 Å². The molecular formula is C10H14O. The molecule has 4 rings (SSSR count). The first-order chi connectivity index (χ1) is 5.33. The summed E-state index contributed by atoms with van der Waals surface area (Å²) in [5, 5.41) is 9.14. The summed E-state index contributed by atoms with van der Waals surface area (Å²) in [7, 11) is 0. The fourth-order valence-electron chi connectivity index (χ4n) is 3.93. The molecule has 4 aliphatic carbocycles. The topological polar surface area (TPSA) is 20.2 Å². The minimum absolute atomic E-state index is 0.426. The predicted octanol–water partition coefficient (Wildman–Crippen LogP) is 1.44. The van der Waals surface area contributed by atoms with Crippen molar-refractivity contribution in [2.24, 2.45) is 29.6 Å². The first-order valence-electron chi connectivity index (χ1n) is 4.62. The summed E-state index contributed by atoms with van der Waals surface area (Å²) in [5.74, 6) is 3.91. The van der Waals surface area contributed by atoms with Gasteiger partial charge in [-0.3, -0.25) is 0 Å². The third-order valence-corrected chi connectivity index (χ3v) is 4.35. The molecule has 4 saturated carbocycles. The molecule has 1 N–H and O–H groups in total. The average molecular weight is 150 g/mol. The van der Waals surface area contributed by atoms with Crippen molar-refractivity contribution in [2.75, 3.05) is 6.61 Å². The van der Waals surface area contributed by atoms with E-state index in [4.69, 9.17) is 5.11 Å². The van der Waals surface area contributed by atoms with Crippen molar-refractivity contribution in [1.29, 1.82) is 0 Å². The van der Waals surface area contributed by atoms with Crippen LogP contribution in [0.2, 0.25) is 0 Å². The molecule has 0 radical (unpaired) electrons. The summed E-state index contributed by atoms with van der Waals surface area (Å²) in [6.07, 6.45) is 2.69. The van der Waals surface area contributed by atoms with Gasteiger partial charge in [0.2, 0.25) is 0 Å². The fourth-order valence-corrected chi connectivity index (χ4v) is 3.93. The van der Waals surface area contributed by atoms with E-state index in [2.05, 4.69) is 6.58 Å². The van der Waals surface area contributed by atoms with Gasteiger partial charge in [0.15, 0.2) is 0 Å². The van der Waals surface area contributed by atoms with Gasteiger partial charge in [-0.15, -0.1) is 0 Å². The second-order valence-corrected chi connectivity index (χ2v) is 4.43. The van der Waals surface area contributed by atoms with E-state index in [0.29, 0.717) is 12.5 Å². The molecule has 4 fully saturated rings. The van der Waals surface area contributed by atoms with Gasteiger partial charge in [0.25, 0.3) is 0 Å². The highest BCUT2D eigenvalue weighted by atomic mass is 16.3. The smallest absolute Gasteiger partial charge is 0.0465 e. The van der Waals surface area contributed by atoms with Gasteiger partial charge >= 0.3 is 0 Å². The molecule has 0 aliphatic heterocycles. The van der Waals surface area contributed by atoms with Crippen LogP contribution in [0.15, 0.2) is 12.2 Å². The van der Waals surface area contributed by atoms with Gasteiger partial charge in [-0.25, -0.2) is 0 Å². The molecule has 60 valence electrons. The summed E-state index contributed by atoms with van der Waals surface area (Å²) < 4.78 is 0. The highest BCUT2D eigenvalue weighted by molar-refractivity contribution is 5.28. The van der Waals surface area contributed by atoms with Crippen molar-refractivity contribution in [3.05, 3.63) is 12.2 Å². The minimum Gasteiger partial charge on any atom is -0.396 e. The largest absolute Gasteiger partial charge is 0.396 e. The Morgan fingerprint density at radius 3 is 2.18 bits per heavy atom. The molecule has 1 nitrogen and oxygen atoms in total. The minimum atomic E-state index is 0.426. The third-order valence-electron chi connectivity index (χ3n) is 4.35. The number of hydrogen-bond acceptors (Lipinski definition) is 1. The van der Waals surface area contributed by atoms with E-state index in [-0.39, 0.29) is 0 Å². The Kier molecular flexibility index (Phi) is 0.972. The Hall–Kier alpha value is -0.300. The van der Waals surface area contributed by atoms with Crippen LogP contribution in [0.4, 0.5) is 0 Å². The Bertz CT molecular complexity index is 201. The second-order valence-electron chi connectivity index (χ2n) is 4.43. The predicted molar refractivity (Wildman–Crippen MR) is 42.9 cm³/mol. The maximum atomic E-state index is 9.14. The van der Waals surface area contributed by atoms with E-state index in [0.717, 1.165) is 23.7 Å². The number of hydrogen-bond donors (Lipinski definition) is 1. The van der Waals surface area contributed by atoms with Crippen molar-refractivity contribution in [3.8, 4) is 0 Å². The summed E-state index contributed by atoms with van der Waals surface area (Å²) >= 11 is 0. The van der Waals surface area contributed by atoms with Gasteiger partial charge in [-0.2, -0.15) is 0 Å². The Labute approximate surface area is 67.1 Å². The molecular weight excluding hydrogens is 136 g/mol. The van der Waals surface area contributed by atoms with Crippen molar-refractivity contribution in [2.45, 2.75) is 12.8 Å². The van der Waals surface area contributed by atoms with Gasteiger partial charge in [0.05, 0.1) is 0 Å². The fraction of sp³-hybridized carbons (Fsp3) is 0.800. The quantitative estimate of drug-likeness (QED) is 0.561. The highest BCUT2D eigenvalue weighted by Crippen LogP contribution is 2.67. The molecule has 4 aliphatic rings. The summed E-state index contributed by atoms with van der Waals surface area (Å²) in [4.78, 5) is 0. The Balaban J connectivity index is 2.00. The first kappa shape index (κ1) is 6.24. The van der Waals surface area contributed by atoms with Crippen LogP contribution >= 0.6 is 0 Å². The van der Waals surface area contributed by atoms with E-state index < -0.39 is 0 Å². The van der Waals surface area contributed by atoms with E-state index >= 15 is 0 Å². The van der Waals surface area contributed by atoms with Gasteiger partial charge in [-0.05, 0) is 42.4 Å². The third kappa shape index (κ3) is 0.506. The van der Waals surface area contributed by atoms with Crippen molar-refractivity contribution >= 4 is 0 Å². The molecule has 4 bridgehead atoms. The lowest BCUT2D eigenvalue weighted by molar-refractivity contribution is 0.178. The van der Waals surface area contributed by atoms with Gasteiger partial charge in [-0.1, -0.05) is 12.2 Å². The van der Waals surface area contributed by atoms with Crippen molar-refractivity contribution in [3.63, 3.8) is 0 Å². The van der Waals surface area contributed by atoms with Gasteiger partial charge in [0.1, 0.15) is 0 Å². The van der Waals surface area contributed by atoms with Crippen LogP contribution in [-0.4, -0.2) is 11.7 Å². The molecule has 1 heteroatoms. The van der Waals surface area contributed by atoms with Crippen molar-refractivity contribution < 1.29 is 5.11 Å². The lowest BCUT2D eigenvalue weighted by atomic mass is 9.87. The number of rotatable bonds is 1. The zero-order valence-corrected chi connectivity index (χ0v) is 6.66. The maximum Gasteiger partial charge on any atom is 0.0465 e. The number of allylic oxidation sites excluding steroid dienone is 1. The van der Waals surface area contributed by atoms with Gasteiger partial charge in [0, 0.05) is 6.61 Å². The molecule has 0 saturated heterocycles. The van der Waals surface area contributed by atoms with Crippen LogP contribution in [0.3, 0.4) is 0 Å². The lowest BCUT2D eigenvalue weighted by Crippen LogP contribution is -2.18. The number of aliphatic hydroxyl groups is 1. The monoisotopic (exact) mass is 150 g/mol. The van der Waals surface area contributed by atoms with E-state index in [1.54, 1.807) is 0 Å². The molecule has 0 spiro atoms. The van der Waals surface area contributed by atoms with Crippen LogP contribution in [-0.2, 0) is 0 Å². The molecule has 11 heavy (non-hydrogen) atoms. The van der Waals surface area contributed by atoms with E-state index in [1.807, 2.05) is 0 Å². The molecule has 0 amide bonds. The lowest BCUT2D eigenvalue weighted by Gasteiger charge is -2.19. The van der Waals surface area contributed by atoms with Crippen LogP contribution in [0.25, 0.3) is 0 Å². The summed E-state index contributed by atoms with van der Waals surface area (Å²) in [6.45, 7) is 4.57. The summed E-state index contributed by atoms with van der Waals surface area (Å²) in [6, 6.07) is 0. The van der Waals surface area contributed by atoms with E-state index in [9.17, 15) is 0 Å². The highest BCUT2D eigenvalue weighted by Gasteiger charge is 2.61. The van der Waals surface area contributed by atoms with Crippen molar-refractivity contribution in [1.82, 2.24) is 0 Å². The maximum absolute atomic E-state index is 9.14. The standard InChI is InChI=1S/C10H14O/c1-5-6-2-8-7(5)3-9(6)10(8)4-11/h6-11H,1-4H2. The average Bonchev–Trinajstić information content (AvgIpc) is 2.66. The SMILES string of the molecule is C=C1C2CC3C1CC2C3CO. The molecule has 0 aromatic carbocycles. The van der Waals surface area contributed by atoms with Crippen LogP contribution < -0.4 is 0 Å². The van der Waals surface area contributed by atoms with Crippen LogP contribution in [0.1, 0.15) is 12.8 Å². The molecule has 0 heterocycles. The molecule has 4 atom stereocenters. The molecule has 4 unspecified atom stereocenters.